The number of benzene rings is 2. The van der Waals surface area contributed by atoms with Crippen molar-refractivity contribution in [1.82, 2.24) is 9.78 Å². The Hall–Kier alpha value is -2.81. The van der Waals surface area contributed by atoms with Gasteiger partial charge in [0.15, 0.2) is 0 Å². The molecule has 0 unspecified atom stereocenters. The number of carbonyl (C=O) groups is 1. The van der Waals surface area contributed by atoms with E-state index in [0.29, 0.717) is 11.1 Å². The van der Waals surface area contributed by atoms with Gasteiger partial charge < -0.3 is 9.47 Å². The molecule has 10 heteroatoms. The second-order valence-corrected chi connectivity index (χ2v) is 5.87. The number of aromatic nitrogens is 2. The lowest BCUT2D eigenvalue weighted by atomic mass is 10.1. The van der Waals surface area contributed by atoms with Gasteiger partial charge in [0, 0.05) is 0 Å². The van der Waals surface area contributed by atoms with Gasteiger partial charge in [0.05, 0.1) is 41.3 Å². The van der Waals surface area contributed by atoms with Crippen molar-refractivity contribution in [1.29, 1.82) is 0 Å². The summed E-state index contributed by atoms with van der Waals surface area (Å²) in [5, 5.41) is 3.95. The van der Waals surface area contributed by atoms with Crippen molar-refractivity contribution < 1.29 is 31.8 Å². The molecule has 0 saturated carbocycles. The van der Waals surface area contributed by atoms with E-state index < -0.39 is 23.9 Å². The summed E-state index contributed by atoms with van der Waals surface area (Å²) in [7, 11) is 1.14. The molecule has 142 valence electrons. The first-order chi connectivity index (χ1) is 12.7. The number of methoxy groups -OCH3 is 1. The van der Waals surface area contributed by atoms with Crippen molar-refractivity contribution in [2.75, 3.05) is 7.11 Å². The lowest BCUT2D eigenvalue weighted by Crippen LogP contribution is -2.17. The Balaban J connectivity index is 1.90. The molecule has 0 N–H and O–H groups in total. The van der Waals surface area contributed by atoms with E-state index in [1.807, 2.05) is 0 Å². The molecular formula is C17H11ClF4N2O3. The molecule has 0 radical (unpaired) electrons. The van der Waals surface area contributed by atoms with Crippen LogP contribution >= 0.6 is 11.6 Å². The second kappa shape index (κ2) is 7.07. The topological polar surface area (TPSA) is 53.3 Å². The zero-order valence-electron chi connectivity index (χ0n) is 13.7. The number of alkyl halides is 3. The Morgan fingerprint density at radius 1 is 1.26 bits per heavy atom. The van der Waals surface area contributed by atoms with Gasteiger partial charge in [0.25, 0.3) is 0 Å². The fourth-order valence-corrected chi connectivity index (χ4v) is 2.78. The van der Waals surface area contributed by atoms with Crippen molar-refractivity contribution in [3.63, 3.8) is 0 Å². The van der Waals surface area contributed by atoms with Crippen molar-refractivity contribution in [2.45, 2.75) is 12.9 Å². The number of hydrogen-bond donors (Lipinski definition) is 0. The van der Waals surface area contributed by atoms with E-state index in [4.69, 9.17) is 11.6 Å². The molecule has 0 aliphatic heterocycles. The SMILES string of the molecule is COC(=O)c1ccc2c(cnn2Cc2ccc(OC(F)(F)F)c(Cl)c2)c1F. The van der Waals surface area contributed by atoms with Crippen molar-refractivity contribution in [2.24, 2.45) is 0 Å². The minimum Gasteiger partial charge on any atom is -0.465 e. The van der Waals surface area contributed by atoms with Gasteiger partial charge in [-0.1, -0.05) is 17.7 Å². The van der Waals surface area contributed by atoms with Gasteiger partial charge in [-0.2, -0.15) is 5.10 Å². The summed E-state index contributed by atoms with van der Waals surface area (Å²) in [4.78, 5) is 11.5. The number of fused-ring (bicyclic) bond motifs is 1. The highest BCUT2D eigenvalue weighted by Gasteiger charge is 2.32. The van der Waals surface area contributed by atoms with Crippen molar-refractivity contribution in [3.05, 3.63) is 58.5 Å². The lowest BCUT2D eigenvalue weighted by Gasteiger charge is -2.11. The molecule has 0 atom stereocenters. The first-order valence-corrected chi connectivity index (χ1v) is 7.84. The van der Waals surface area contributed by atoms with Crippen LogP contribution in [0.2, 0.25) is 5.02 Å². The molecule has 0 spiro atoms. The van der Waals surface area contributed by atoms with Gasteiger partial charge in [-0.15, -0.1) is 13.2 Å². The van der Waals surface area contributed by atoms with Gasteiger partial charge in [-0.3, -0.25) is 4.68 Å². The van der Waals surface area contributed by atoms with Gasteiger partial charge in [-0.25, -0.2) is 9.18 Å². The molecule has 0 aliphatic rings. The molecule has 1 aromatic heterocycles. The van der Waals surface area contributed by atoms with Gasteiger partial charge in [-0.05, 0) is 29.8 Å². The largest absolute Gasteiger partial charge is 0.573 e. The van der Waals surface area contributed by atoms with E-state index in [9.17, 15) is 22.4 Å². The third-order valence-corrected chi connectivity index (χ3v) is 4.02. The highest BCUT2D eigenvalue weighted by molar-refractivity contribution is 6.32. The Labute approximate surface area is 155 Å². The predicted molar refractivity (Wildman–Crippen MR) is 88.3 cm³/mol. The number of nitrogens with zero attached hydrogens (tertiary/aromatic N) is 2. The molecule has 0 amide bonds. The first kappa shape index (κ1) is 19.0. The molecule has 0 aliphatic carbocycles. The van der Waals surface area contributed by atoms with Crippen molar-refractivity contribution >= 4 is 28.5 Å². The van der Waals surface area contributed by atoms with E-state index in [2.05, 4.69) is 14.6 Å². The summed E-state index contributed by atoms with van der Waals surface area (Å²) in [6, 6.07) is 6.55. The maximum absolute atomic E-state index is 14.4. The molecule has 0 bridgehead atoms. The fourth-order valence-electron chi connectivity index (χ4n) is 2.54. The standard InChI is InChI=1S/C17H11ClF4N2O3/c1-26-16(25)10-3-4-13-11(15(10)19)7-23-24(13)8-9-2-5-14(12(18)6-9)27-17(20,21)22/h2-7H,8H2,1H3. The zero-order chi connectivity index (χ0) is 19.8. The van der Waals surface area contributed by atoms with Crippen LogP contribution in [-0.2, 0) is 11.3 Å². The average molecular weight is 403 g/mol. The maximum Gasteiger partial charge on any atom is 0.573 e. The Morgan fingerprint density at radius 3 is 2.63 bits per heavy atom. The minimum absolute atomic E-state index is 0.112. The summed E-state index contributed by atoms with van der Waals surface area (Å²) in [6.45, 7) is 0.118. The highest BCUT2D eigenvalue weighted by atomic mass is 35.5. The van der Waals surface area contributed by atoms with Crippen LogP contribution in [0.15, 0.2) is 36.5 Å². The fraction of sp³-hybridized carbons (Fsp3) is 0.176. The van der Waals surface area contributed by atoms with Crippen LogP contribution in [0.25, 0.3) is 10.9 Å². The zero-order valence-corrected chi connectivity index (χ0v) is 14.4. The summed E-state index contributed by atoms with van der Waals surface area (Å²) in [5.74, 6) is -2.10. The third kappa shape index (κ3) is 3.97. The van der Waals surface area contributed by atoms with Crippen molar-refractivity contribution in [3.8, 4) is 5.75 Å². The highest BCUT2D eigenvalue weighted by Crippen LogP contribution is 2.31. The molecule has 5 nitrogen and oxygen atoms in total. The summed E-state index contributed by atoms with van der Waals surface area (Å²) in [6.07, 6.45) is -3.60. The number of ether oxygens (including phenoxy) is 2. The number of halogens is 5. The van der Waals surface area contributed by atoms with Crippen LogP contribution in [0.4, 0.5) is 17.6 Å². The molecule has 1 heterocycles. The number of hydrogen-bond acceptors (Lipinski definition) is 4. The minimum atomic E-state index is -4.85. The number of rotatable bonds is 4. The first-order valence-electron chi connectivity index (χ1n) is 7.46. The summed E-state index contributed by atoms with van der Waals surface area (Å²) < 4.78 is 61.1. The van der Waals surface area contributed by atoms with Crippen LogP contribution in [-0.4, -0.2) is 29.2 Å². The molecular weight excluding hydrogens is 392 g/mol. The number of carbonyl (C=O) groups excluding carboxylic acids is 1. The Bertz CT molecular complexity index is 1020. The molecule has 0 fully saturated rings. The van der Waals surface area contributed by atoms with Gasteiger partial charge >= 0.3 is 12.3 Å². The van der Waals surface area contributed by atoms with E-state index in [-0.39, 0.29) is 22.5 Å². The maximum atomic E-state index is 14.4. The van der Waals surface area contributed by atoms with Crippen LogP contribution in [0, 0.1) is 5.82 Å². The van der Waals surface area contributed by atoms with Crippen LogP contribution in [0.5, 0.6) is 5.75 Å². The summed E-state index contributed by atoms with van der Waals surface area (Å²) in [5.41, 5.74) is 0.699. The lowest BCUT2D eigenvalue weighted by molar-refractivity contribution is -0.274. The van der Waals surface area contributed by atoms with Gasteiger partial charge in [0.2, 0.25) is 0 Å². The van der Waals surface area contributed by atoms with E-state index >= 15 is 0 Å². The van der Waals surface area contributed by atoms with E-state index in [0.717, 1.165) is 13.2 Å². The van der Waals surface area contributed by atoms with Gasteiger partial charge in [0.1, 0.15) is 11.6 Å². The van der Waals surface area contributed by atoms with E-state index in [1.54, 1.807) is 0 Å². The molecule has 3 aromatic rings. The average Bonchev–Trinajstić information content (AvgIpc) is 3.00. The smallest absolute Gasteiger partial charge is 0.465 e. The molecule has 3 rings (SSSR count). The Kier molecular flexibility index (Phi) is 4.97. The molecule has 0 saturated heterocycles. The Morgan fingerprint density at radius 2 is 2.00 bits per heavy atom. The predicted octanol–water partition coefficient (Wildman–Crippen LogP) is 4.56. The molecule has 2 aromatic carbocycles. The normalized spacial score (nSPS) is 11.6. The van der Waals surface area contributed by atoms with Crippen LogP contribution in [0.1, 0.15) is 15.9 Å². The quantitative estimate of drug-likeness (QED) is 0.474. The second-order valence-electron chi connectivity index (χ2n) is 5.47. The van der Waals surface area contributed by atoms with E-state index in [1.165, 1.54) is 35.1 Å². The monoisotopic (exact) mass is 402 g/mol. The third-order valence-electron chi connectivity index (χ3n) is 3.72. The van der Waals surface area contributed by atoms with Crippen LogP contribution < -0.4 is 4.74 Å². The summed E-state index contributed by atoms with van der Waals surface area (Å²) >= 11 is 5.82. The molecule has 27 heavy (non-hydrogen) atoms. The number of esters is 1. The van der Waals surface area contributed by atoms with Crippen LogP contribution in [0.3, 0.4) is 0 Å².